The average Bonchev–Trinajstić information content (AvgIpc) is 1.63. The highest BCUT2D eigenvalue weighted by Gasteiger charge is 2.35. The number of nitrogens with one attached hydrogen (secondary N) is 15. The van der Waals surface area contributed by atoms with Crippen LogP contribution < -0.4 is 86.3 Å². The number of amides is 16. The van der Waals surface area contributed by atoms with Crippen LogP contribution in [0.2, 0.25) is 0 Å². The molecule has 0 unspecified atom stereocenters. The van der Waals surface area contributed by atoms with Crippen molar-refractivity contribution >= 4 is 129 Å². The van der Waals surface area contributed by atoms with E-state index in [0.29, 0.717) is 27.9 Å². The lowest BCUT2D eigenvalue weighted by Gasteiger charge is -2.26. The molecular formula is C62H96N20O18S2. The molecule has 2 heterocycles. The van der Waals surface area contributed by atoms with Gasteiger partial charge >= 0.3 is 0 Å². The highest BCUT2D eigenvalue weighted by Crippen LogP contribution is 2.20. The SMILES string of the molecule is CSCC[C@H](NC(=O)[C@H](CC(C)C)NC(=O)[C@H](Cc1cnc[nH]1)NC(=O)CNC(=O)[C@@H](NC(=O)[C@H](C)NC(=O)[C@H](Cc1c[nH]c2ccccc12)NC(=O)[C@H](CCC(N)=O)NC(=O)CNC(=O)[C@H](CO)NC(=O)CNC(=O)[C@H](CSCC(N)=O)NC(=O)[C@H](CO)NC(=O)CN(C)C)C(C)C)C(N)=O. The molecule has 2 aromatic heterocycles. The summed E-state index contributed by atoms with van der Waals surface area (Å²) in [7, 11) is 3.17. The minimum Gasteiger partial charge on any atom is -0.394 e. The van der Waals surface area contributed by atoms with E-state index in [-0.39, 0.29) is 49.7 Å². The standard InChI is InChI=1S/C62H96N20O18S2/c1-31(2)17-40(59(97)77-38(53(65)91)15-16-101-8)78-60(98)42(19-35-21-66-30-71-35)74-49(88)24-70-62(100)52(32(3)4)81-54(92)33(5)72-58(96)41(18-34-20-67-37-12-10-9-11-36(34)37)79-57(95)39(13-14-46(63)85)73-48(87)22-68-55(93)43(26-83)75-50(89)23-69-56(94)45(28-102-29-47(64)86)80-61(99)44(27-84)76-51(90)25-82(6)7/h9-12,20-21,30-33,38-45,52,67,83-84H,13-19,22-29H2,1-8H3,(H2,63,85)(H2,64,86)(H2,65,91)(H,66,71)(H,68,93)(H,69,94)(H,70,100)(H,72,96)(H,73,87)(H,74,88)(H,75,89)(H,76,90)(H,77,97)(H,78,98)(H,79,95)(H,80,99)(H,81,92)/t33-,38-,39-,40-,41-,42-,43-,44-,45-,52-/m0/s1. The Kier molecular flexibility index (Phi) is 37.5. The average molecular weight is 1470 g/mol. The maximum Gasteiger partial charge on any atom is 0.245 e. The maximum atomic E-state index is 14.4. The number of aliphatic hydroxyl groups is 2. The molecule has 16 amide bonds. The molecule has 23 N–H and O–H groups in total. The quantitative estimate of drug-likeness (QED) is 0.0250. The van der Waals surface area contributed by atoms with E-state index in [1.165, 1.54) is 36.1 Å². The monoisotopic (exact) mass is 1470 g/mol. The van der Waals surface area contributed by atoms with Gasteiger partial charge in [-0.05, 0) is 75.8 Å². The molecule has 0 bridgehead atoms. The number of para-hydroxylation sites is 1. The third-order valence-electron chi connectivity index (χ3n) is 14.9. The number of hydrogen-bond donors (Lipinski definition) is 20. The normalized spacial score (nSPS) is 14.1. The molecule has 0 spiro atoms. The second-order valence-electron chi connectivity index (χ2n) is 24.6. The lowest BCUT2D eigenvalue weighted by molar-refractivity contribution is -0.135. The van der Waals surface area contributed by atoms with Crippen molar-refractivity contribution in [1.82, 2.24) is 89.0 Å². The molecule has 10 atom stereocenters. The molecular weight excluding hydrogens is 1380 g/mol. The van der Waals surface area contributed by atoms with Gasteiger partial charge in [0.05, 0.1) is 51.5 Å². The van der Waals surface area contributed by atoms with Gasteiger partial charge in [-0.15, -0.1) is 11.8 Å². The Bertz CT molecular complexity index is 3390. The highest BCUT2D eigenvalue weighted by molar-refractivity contribution is 8.00. The van der Waals surface area contributed by atoms with Gasteiger partial charge in [0, 0.05) is 54.0 Å². The van der Waals surface area contributed by atoms with Crippen LogP contribution in [0.15, 0.2) is 43.0 Å². The lowest BCUT2D eigenvalue weighted by atomic mass is 10.0. The first kappa shape index (κ1) is 86.3. The summed E-state index contributed by atoms with van der Waals surface area (Å²) in [6.45, 7) is 3.53. The van der Waals surface area contributed by atoms with Crippen LogP contribution in [0.1, 0.15) is 71.6 Å². The number of hydrogen-bond acceptors (Lipinski definition) is 22. The Morgan fingerprint density at radius 2 is 1.05 bits per heavy atom. The number of fused-ring (bicyclic) bond motifs is 1. The summed E-state index contributed by atoms with van der Waals surface area (Å²) in [6.07, 6.45) is 5.22. The Morgan fingerprint density at radius 3 is 1.61 bits per heavy atom. The van der Waals surface area contributed by atoms with Crippen molar-refractivity contribution in [2.24, 2.45) is 29.0 Å². The Morgan fingerprint density at radius 1 is 0.539 bits per heavy atom. The van der Waals surface area contributed by atoms with Gasteiger partial charge in [0.2, 0.25) is 94.5 Å². The summed E-state index contributed by atoms with van der Waals surface area (Å²) in [4.78, 5) is 223. The van der Waals surface area contributed by atoms with Crippen LogP contribution in [-0.2, 0) is 89.6 Å². The van der Waals surface area contributed by atoms with Gasteiger partial charge in [0.15, 0.2) is 0 Å². The Labute approximate surface area is 596 Å². The zero-order valence-corrected chi connectivity index (χ0v) is 59.6. The number of nitrogens with two attached hydrogens (primary N) is 3. The fourth-order valence-electron chi connectivity index (χ4n) is 9.59. The largest absolute Gasteiger partial charge is 0.394 e. The Balaban J connectivity index is 1.73. The molecule has 102 heavy (non-hydrogen) atoms. The minimum absolute atomic E-state index is 0.120. The summed E-state index contributed by atoms with van der Waals surface area (Å²) in [5, 5.41) is 52.0. The number of aliphatic hydroxyl groups excluding tert-OH is 2. The summed E-state index contributed by atoms with van der Waals surface area (Å²) in [5.41, 5.74) is 17.7. The number of nitrogens with zero attached hydrogens (tertiary/aromatic N) is 2. The van der Waals surface area contributed by atoms with Crippen molar-refractivity contribution in [1.29, 1.82) is 0 Å². The number of carbonyl (C=O) groups excluding carboxylic acids is 16. The van der Waals surface area contributed by atoms with Gasteiger partial charge in [0.25, 0.3) is 0 Å². The van der Waals surface area contributed by atoms with Crippen LogP contribution in [0.5, 0.6) is 0 Å². The molecule has 0 aliphatic heterocycles. The summed E-state index contributed by atoms with van der Waals surface area (Å²) >= 11 is 2.27. The number of primary amides is 3. The van der Waals surface area contributed by atoms with E-state index < -0.39 is 207 Å². The molecule has 38 nitrogen and oxygen atoms in total. The van der Waals surface area contributed by atoms with Crippen LogP contribution in [0.4, 0.5) is 0 Å². The van der Waals surface area contributed by atoms with Crippen molar-refractivity contribution in [3.63, 3.8) is 0 Å². The zero-order chi connectivity index (χ0) is 76.3. The highest BCUT2D eigenvalue weighted by atomic mass is 32.2. The fourth-order valence-corrected chi connectivity index (χ4v) is 10.8. The number of carbonyl (C=O) groups is 16. The predicted molar refractivity (Wildman–Crippen MR) is 372 cm³/mol. The number of aromatic amines is 2. The number of benzene rings is 1. The number of rotatable bonds is 47. The molecule has 3 aromatic rings. The molecule has 40 heteroatoms. The molecule has 564 valence electrons. The van der Waals surface area contributed by atoms with E-state index >= 15 is 0 Å². The number of aromatic nitrogens is 3. The molecule has 0 fully saturated rings. The Hall–Kier alpha value is -9.93. The van der Waals surface area contributed by atoms with E-state index in [9.17, 15) is 86.9 Å². The smallest absolute Gasteiger partial charge is 0.245 e. The minimum atomic E-state index is -1.75. The first-order chi connectivity index (χ1) is 48.2. The van der Waals surface area contributed by atoms with E-state index in [1.54, 1.807) is 58.4 Å². The van der Waals surface area contributed by atoms with Crippen LogP contribution in [0.25, 0.3) is 10.9 Å². The number of likely N-dealkylation sites (N-methyl/N-ethyl adjacent to an activating group) is 1. The predicted octanol–water partition coefficient (Wildman–Crippen LogP) is -8.14. The van der Waals surface area contributed by atoms with E-state index in [4.69, 9.17) is 17.2 Å². The van der Waals surface area contributed by atoms with Crippen molar-refractivity contribution in [2.45, 2.75) is 134 Å². The molecule has 3 rings (SSSR count). The zero-order valence-electron chi connectivity index (χ0n) is 57.9. The van der Waals surface area contributed by atoms with Crippen molar-refractivity contribution in [3.8, 4) is 0 Å². The lowest BCUT2D eigenvalue weighted by Crippen LogP contribution is -2.59. The molecule has 0 saturated heterocycles. The second kappa shape index (κ2) is 44.3. The maximum absolute atomic E-state index is 14.4. The topological polar surface area (TPSA) is 596 Å². The van der Waals surface area contributed by atoms with E-state index in [2.05, 4.69) is 84.1 Å². The molecule has 1 aromatic carbocycles. The van der Waals surface area contributed by atoms with Crippen molar-refractivity contribution in [2.75, 3.05) is 77.0 Å². The van der Waals surface area contributed by atoms with Gasteiger partial charge in [0.1, 0.15) is 60.4 Å². The summed E-state index contributed by atoms with van der Waals surface area (Å²) in [6, 6.07) is -7.23. The molecule has 0 aliphatic rings. The van der Waals surface area contributed by atoms with Crippen molar-refractivity contribution < 1.29 is 86.9 Å². The third kappa shape index (κ3) is 31.3. The molecule has 0 aliphatic carbocycles. The van der Waals surface area contributed by atoms with Crippen LogP contribution in [0, 0.1) is 11.8 Å². The van der Waals surface area contributed by atoms with Gasteiger partial charge in [-0.25, -0.2) is 4.98 Å². The van der Waals surface area contributed by atoms with Gasteiger partial charge in [-0.1, -0.05) is 45.9 Å². The number of thioether (sulfide) groups is 2. The first-order valence-corrected chi connectivity index (χ1v) is 34.9. The molecule has 0 radical (unpaired) electrons. The van der Waals surface area contributed by atoms with Crippen LogP contribution in [-0.4, -0.2) is 262 Å². The van der Waals surface area contributed by atoms with E-state index in [0.717, 1.165) is 11.8 Å². The van der Waals surface area contributed by atoms with E-state index in [1.807, 2.05) is 20.1 Å². The first-order valence-electron chi connectivity index (χ1n) is 32.3. The van der Waals surface area contributed by atoms with Crippen molar-refractivity contribution in [3.05, 3.63) is 54.2 Å². The van der Waals surface area contributed by atoms with Gasteiger partial charge < -0.3 is 111 Å². The summed E-state index contributed by atoms with van der Waals surface area (Å²) in [5.74, 6) is -15.2. The number of imidazole rings is 1. The van der Waals surface area contributed by atoms with Gasteiger partial charge in [-0.3, -0.25) is 76.7 Å². The summed E-state index contributed by atoms with van der Waals surface area (Å²) < 4.78 is 0. The number of H-pyrrole nitrogens is 2. The van der Waals surface area contributed by atoms with Gasteiger partial charge in [-0.2, -0.15) is 11.8 Å². The fraction of sp³-hybridized carbons (Fsp3) is 0.565. The second-order valence-corrected chi connectivity index (χ2v) is 26.6. The third-order valence-corrected chi connectivity index (χ3v) is 16.6. The van der Waals surface area contributed by atoms with Crippen LogP contribution >= 0.6 is 23.5 Å². The van der Waals surface area contributed by atoms with Crippen LogP contribution in [0.3, 0.4) is 0 Å². The molecule has 0 saturated carbocycles.